The molecule has 5 heteroatoms. The van der Waals surface area contributed by atoms with Crippen LogP contribution < -0.4 is 5.32 Å². The lowest BCUT2D eigenvalue weighted by Crippen LogP contribution is -2.55. The van der Waals surface area contributed by atoms with Crippen LogP contribution in [-0.2, 0) is 4.79 Å². The molecule has 1 amide bonds. The first kappa shape index (κ1) is 12.3. The van der Waals surface area contributed by atoms with Crippen molar-refractivity contribution in [3.05, 3.63) is 24.2 Å². The molecular formula is C11H15NO4. The molecule has 0 aromatic carbocycles. The number of hydrogen-bond acceptors (Lipinski definition) is 3. The van der Waals surface area contributed by atoms with Crippen LogP contribution in [0.25, 0.3) is 0 Å². The van der Waals surface area contributed by atoms with Crippen molar-refractivity contribution in [1.82, 2.24) is 5.32 Å². The molecule has 1 aromatic rings. The molecule has 16 heavy (non-hydrogen) atoms. The summed E-state index contributed by atoms with van der Waals surface area (Å²) in [6, 6.07) is 1.48. The number of carbonyl (C=O) groups excluding carboxylic acids is 1. The van der Waals surface area contributed by atoms with Gasteiger partial charge >= 0.3 is 5.97 Å². The van der Waals surface area contributed by atoms with Crippen molar-refractivity contribution in [3.8, 4) is 0 Å². The van der Waals surface area contributed by atoms with Gasteiger partial charge in [-0.25, -0.2) is 4.79 Å². The Balaban J connectivity index is 2.86. The summed E-state index contributed by atoms with van der Waals surface area (Å²) in [5, 5.41) is 11.6. The van der Waals surface area contributed by atoms with Crippen molar-refractivity contribution >= 4 is 11.9 Å². The van der Waals surface area contributed by atoms with E-state index in [9.17, 15) is 9.59 Å². The first-order valence-corrected chi connectivity index (χ1v) is 4.96. The fourth-order valence-corrected chi connectivity index (χ4v) is 1.15. The third-order valence-electron chi connectivity index (χ3n) is 2.76. The zero-order valence-corrected chi connectivity index (χ0v) is 9.48. The van der Waals surface area contributed by atoms with Crippen molar-refractivity contribution in [2.24, 2.45) is 5.92 Å². The Morgan fingerprint density at radius 2 is 2.12 bits per heavy atom. The number of carbonyl (C=O) groups is 2. The van der Waals surface area contributed by atoms with Crippen LogP contribution in [0.2, 0.25) is 0 Å². The van der Waals surface area contributed by atoms with Gasteiger partial charge in [0.2, 0.25) is 0 Å². The number of aliphatic carboxylic acids is 1. The van der Waals surface area contributed by atoms with Crippen LogP contribution in [0.3, 0.4) is 0 Å². The number of rotatable bonds is 4. The highest BCUT2D eigenvalue weighted by Gasteiger charge is 2.38. The van der Waals surface area contributed by atoms with E-state index in [1.807, 2.05) is 0 Å². The minimum Gasteiger partial charge on any atom is -0.480 e. The van der Waals surface area contributed by atoms with Gasteiger partial charge in [0.05, 0.1) is 11.8 Å². The van der Waals surface area contributed by atoms with E-state index in [1.54, 1.807) is 13.8 Å². The van der Waals surface area contributed by atoms with Gasteiger partial charge in [-0.1, -0.05) is 13.8 Å². The third kappa shape index (κ3) is 2.24. The minimum atomic E-state index is -1.28. The second-order valence-corrected chi connectivity index (χ2v) is 4.13. The molecule has 1 atom stereocenters. The average molecular weight is 225 g/mol. The Kier molecular flexibility index (Phi) is 3.37. The van der Waals surface area contributed by atoms with Crippen LogP contribution in [0.5, 0.6) is 0 Å². The van der Waals surface area contributed by atoms with E-state index in [2.05, 4.69) is 5.32 Å². The fraction of sp³-hybridized carbons (Fsp3) is 0.455. The summed E-state index contributed by atoms with van der Waals surface area (Å²) in [5.41, 5.74) is -0.970. The standard InChI is InChI=1S/C11H15NO4/c1-7(2)11(3,10(14)15)12-9(13)8-4-5-16-6-8/h4-7H,1-3H3,(H,12,13)(H,14,15). The molecule has 0 aliphatic heterocycles. The molecule has 1 heterocycles. The maximum Gasteiger partial charge on any atom is 0.329 e. The van der Waals surface area contributed by atoms with Gasteiger partial charge in [0.1, 0.15) is 11.8 Å². The van der Waals surface area contributed by atoms with E-state index in [-0.39, 0.29) is 5.92 Å². The molecule has 0 saturated heterocycles. The second kappa shape index (κ2) is 4.38. The SMILES string of the molecule is CC(C)C(C)(NC(=O)c1ccoc1)C(=O)O. The van der Waals surface area contributed by atoms with Crippen molar-refractivity contribution in [3.63, 3.8) is 0 Å². The Hall–Kier alpha value is -1.78. The first-order valence-electron chi connectivity index (χ1n) is 4.96. The number of hydrogen-bond donors (Lipinski definition) is 2. The van der Waals surface area contributed by atoms with E-state index in [4.69, 9.17) is 9.52 Å². The average Bonchev–Trinajstić information content (AvgIpc) is 2.69. The molecule has 1 rings (SSSR count). The Morgan fingerprint density at radius 3 is 2.50 bits per heavy atom. The molecule has 5 nitrogen and oxygen atoms in total. The number of carboxylic acids is 1. The number of nitrogens with one attached hydrogen (secondary N) is 1. The monoisotopic (exact) mass is 225 g/mol. The van der Waals surface area contributed by atoms with E-state index >= 15 is 0 Å². The zero-order valence-electron chi connectivity index (χ0n) is 9.48. The molecule has 88 valence electrons. The van der Waals surface area contributed by atoms with Gasteiger partial charge in [0, 0.05) is 0 Å². The normalized spacial score (nSPS) is 14.5. The summed E-state index contributed by atoms with van der Waals surface area (Å²) in [6.07, 6.45) is 2.64. The molecule has 0 saturated carbocycles. The van der Waals surface area contributed by atoms with E-state index in [0.717, 1.165) is 0 Å². The van der Waals surface area contributed by atoms with Crippen molar-refractivity contribution in [2.75, 3.05) is 0 Å². The van der Waals surface area contributed by atoms with Crippen molar-refractivity contribution in [2.45, 2.75) is 26.3 Å². The van der Waals surface area contributed by atoms with Crippen LogP contribution in [0.4, 0.5) is 0 Å². The lowest BCUT2D eigenvalue weighted by Gasteiger charge is -2.29. The highest BCUT2D eigenvalue weighted by Crippen LogP contribution is 2.17. The Bertz CT molecular complexity index is 383. The molecule has 0 fully saturated rings. The van der Waals surface area contributed by atoms with E-state index in [0.29, 0.717) is 5.56 Å². The van der Waals surface area contributed by atoms with Gasteiger partial charge in [-0.05, 0) is 18.9 Å². The number of furan rings is 1. The van der Waals surface area contributed by atoms with Crippen LogP contribution in [0, 0.1) is 5.92 Å². The van der Waals surface area contributed by atoms with Gasteiger partial charge in [-0.3, -0.25) is 4.79 Å². The highest BCUT2D eigenvalue weighted by molar-refractivity contribution is 5.97. The molecule has 1 aromatic heterocycles. The van der Waals surface area contributed by atoms with Crippen LogP contribution in [-0.4, -0.2) is 22.5 Å². The van der Waals surface area contributed by atoms with Crippen LogP contribution >= 0.6 is 0 Å². The van der Waals surface area contributed by atoms with Gasteiger partial charge in [-0.2, -0.15) is 0 Å². The fourth-order valence-electron chi connectivity index (χ4n) is 1.15. The minimum absolute atomic E-state index is 0.221. The van der Waals surface area contributed by atoms with Crippen LogP contribution in [0.15, 0.2) is 23.0 Å². The topological polar surface area (TPSA) is 79.5 Å². The Morgan fingerprint density at radius 1 is 1.50 bits per heavy atom. The quantitative estimate of drug-likeness (QED) is 0.814. The molecule has 1 unspecified atom stereocenters. The maximum atomic E-state index is 11.7. The molecule has 0 radical (unpaired) electrons. The molecular weight excluding hydrogens is 210 g/mol. The predicted molar refractivity (Wildman–Crippen MR) is 57.1 cm³/mol. The third-order valence-corrected chi connectivity index (χ3v) is 2.76. The summed E-state index contributed by atoms with van der Waals surface area (Å²) in [5.74, 6) is -1.73. The summed E-state index contributed by atoms with van der Waals surface area (Å²) < 4.78 is 4.76. The molecule has 0 aliphatic carbocycles. The van der Waals surface area contributed by atoms with Crippen molar-refractivity contribution < 1.29 is 19.1 Å². The number of amides is 1. The van der Waals surface area contributed by atoms with Gasteiger partial charge in [0.25, 0.3) is 5.91 Å². The Labute approximate surface area is 93.4 Å². The van der Waals surface area contributed by atoms with E-state index < -0.39 is 17.4 Å². The first-order chi connectivity index (χ1) is 7.38. The van der Waals surface area contributed by atoms with Crippen LogP contribution in [0.1, 0.15) is 31.1 Å². The maximum absolute atomic E-state index is 11.7. The predicted octanol–water partition coefficient (Wildman–Crippen LogP) is 1.51. The molecule has 0 bridgehead atoms. The summed E-state index contributed by atoms with van der Waals surface area (Å²) in [7, 11) is 0. The number of carboxylic acid groups (broad SMARTS) is 1. The summed E-state index contributed by atoms with van der Waals surface area (Å²) >= 11 is 0. The second-order valence-electron chi connectivity index (χ2n) is 4.13. The zero-order chi connectivity index (χ0) is 12.3. The van der Waals surface area contributed by atoms with Gasteiger partial charge < -0.3 is 14.8 Å². The lowest BCUT2D eigenvalue weighted by molar-refractivity contribution is -0.145. The van der Waals surface area contributed by atoms with Crippen molar-refractivity contribution in [1.29, 1.82) is 0 Å². The molecule has 0 aliphatic rings. The van der Waals surface area contributed by atoms with Gasteiger partial charge in [0.15, 0.2) is 0 Å². The largest absolute Gasteiger partial charge is 0.480 e. The smallest absolute Gasteiger partial charge is 0.329 e. The highest BCUT2D eigenvalue weighted by atomic mass is 16.4. The molecule has 0 spiro atoms. The summed E-state index contributed by atoms with van der Waals surface area (Å²) in [4.78, 5) is 22.8. The lowest BCUT2D eigenvalue weighted by atomic mass is 9.88. The van der Waals surface area contributed by atoms with Gasteiger partial charge in [-0.15, -0.1) is 0 Å². The summed E-state index contributed by atoms with van der Waals surface area (Å²) in [6.45, 7) is 4.96. The van der Waals surface area contributed by atoms with E-state index in [1.165, 1.54) is 25.5 Å². The molecule has 2 N–H and O–H groups in total.